The van der Waals surface area contributed by atoms with Crippen LogP contribution in [0.4, 0.5) is 5.82 Å². The Hall–Kier alpha value is -1.77. The third-order valence-electron chi connectivity index (χ3n) is 3.95. The van der Waals surface area contributed by atoms with Gasteiger partial charge in [-0.05, 0) is 51.7 Å². The second kappa shape index (κ2) is 4.12. The first-order valence-electron chi connectivity index (χ1n) is 6.91. The molecule has 3 nitrogen and oxygen atoms in total. The summed E-state index contributed by atoms with van der Waals surface area (Å²) >= 11 is 0. The summed E-state index contributed by atoms with van der Waals surface area (Å²) in [6, 6.07) is 4.98. The zero-order chi connectivity index (χ0) is 13.7. The fourth-order valence-corrected chi connectivity index (χ4v) is 3.09. The van der Waals surface area contributed by atoms with Gasteiger partial charge < -0.3 is 10.3 Å². The summed E-state index contributed by atoms with van der Waals surface area (Å²) in [6.45, 7) is 8.46. The average molecular weight is 255 g/mol. The molecule has 1 heterocycles. The summed E-state index contributed by atoms with van der Waals surface area (Å²) in [6.07, 6.45) is 2.46. The van der Waals surface area contributed by atoms with Crippen LogP contribution in [0.15, 0.2) is 12.1 Å². The molecule has 0 amide bonds. The van der Waals surface area contributed by atoms with Crippen LogP contribution in [0.2, 0.25) is 0 Å². The predicted octanol–water partition coefficient (Wildman–Crippen LogP) is 3.70. The quantitative estimate of drug-likeness (QED) is 0.889. The molecular formula is C16H21N3. The van der Waals surface area contributed by atoms with Crippen LogP contribution >= 0.6 is 0 Å². The fraction of sp³-hybridized carbons (Fsp3) is 0.438. The average Bonchev–Trinajstić information content (AvgIpc) is 3.06. The number of nitrogen functional groups attached to an aromatic ring is 1. The molecule has 1 aliphatic rings. The molecular weight excluding hydrogens is 234 g/mol. The van der Waals surface area contributed by atoms with Gasteiger partial charge in [0.15, 0.2) is 0 Å². The van der Waals surface area contributed by atoms with Crippen LogP contribution in [0.25, 0.3) is 11.3 Å². The number of hydrogen-bond acceptors (Lipinski definition) is 2. The van der Waals surface area contributed by atoms with Crippen molar-refractivity contribution in [2.45, 2.75) is 46.6 Å². The largest absolute Gasteiger partial charge is 0.383 e. The molecule has 1 aliphatic carbocycles. The van der Waals surface area contributed by atoms with E-state index in [1.807, 2.05) is 0 Å². The molecule has 1 saturated carbocycles. The van der Waals surface area contributed by atoms with Crippen molar-refractivity contribution in [3.63, 3.8) is 0 Å². The maximum absolute atomic E-state index is 6.35. The first-order chi connectivity index (χ1) is 8.99. The molecule has 2 N–H and O–H groups in total. The lowest BCUT2D eigenvalue weighted by molar-refractivity contribution is 0.720. The number of nitrogens with two attached hydrogens (primary N) is 1. The summed E-state index contributed by atoms with van der Waals surface area (Å²) in [4.78, 5) is 4.73. The van der Waals surface area contributed by atoms with Gasteiger partial charge in [0.1, 0.15) is 17.3 Å². The number of aryl methyl sites for hydroxylation is 4. The van der Waals surface area contributed by atoms with Gasteiger partial charge in [-0.15, -0.1) is 0 Å². The minimum atomic E-state index is 0.576. The summed E-state index contributed by atoms with van der Waals surface area (Å²) in [5.74, 6) is 1.87. The van der Waals surface area contributed by atoms with Gasteiger partial charge in [0, 0.05) is 11.6 Å². The van der Waals surface area contributed by atoms with Crippen molar-refractivity contribution in [2.75, 3.05) is 5.73 Å². The van der Waals surface area contributed by atoms with E-state index in [1.165, 1.54) is 35.1 Å². The van der Waals surface area contributed by atoms with Gasteiger partial charge in [0.05, 0.1) is 0 Å². The number of imidazole rings is 1. The third kappa shape index (κ3) is 1.93. The summed E-state index contributed by atoms with van der Waals surface area (Å²) in [7, 11) is 0. The number of anilines is 1. The van der Waals surface area contributed by atoms with Crippen molar-refractivity contribution >= 4 is 5.82 Å². The maximum Gasteiger partial charge on any atom is 0.132 e. The normalized spacial score (nSPS) is 14.9. The van der Waals surface area contributed by atoms with Crippen LogP contribution in [-0.4, -0.2) is 9.55 Å². The molecule has 2 aromatic rings. The number of rotatable bonds is 2. The van der Waals surface area contributed by atoms with Crippen molar-refractivity contribution in [2.24, 2.45) is 0 Å². The van der Waals surface area contributed by atoms with Crippen molar-refractivity contribution < 1.29 is 0 Å². The second-order valence-electron chi connectivity index (χ2n) is 5.77. The highest BCUT2D eigenvalue weighted by Crippen LogP contribution is 2.41. The standard InChI is InChI=1S/C16H21N3/c1-9-7-10(2)14(11(3)8-9)15-16(17)19(12(4)18-15)13-5-6-13/h7-8,13H,5-6,17H2,1-4H3. The SMILES string of the molecule is Cc1cc(C)c(-c2nc(C)n(C3CC3)c2N)c(C)c1. The molecule has 0 bridgehead atoms. The number of benzene rings is 1. The molecule has 100 valence electrons. The molecule has 0 saturated heterocycles. The molecule has 0 aliphatic heterocycles. The van der Waals surface area contributed by atoms with Gasteiger partial charge in [0.2, 0.25) is 0 Å². The van der Waals surface area contributed by atoms with Crippen LogP contribution in [0, 0.1) is 27.7 Å². The smallest absolute Gasteiger partial charge is 0.132 e. The monoisotopic (exact) mass is 255 g/mol. The Morgan fingerprint density at radius 2 is 1.68 bits per heavy atom. The van der Waals surface area contributed by atoms with Crippen LogP contribution in [0.5, 0.6) is 0 Å². The summed E-state index contributed by atoms with van der Waals surface area (Å²) < 4.78 is 2.20. The van der Waals surface area contributed by atoms with Gasteiger partial charge in [-0.2, -0.15) is 0 Å². The molecule has 3 rings (SSSR count). The van der Waals surface area contributed by atoms with E-state index in [4.69, 9.17) is 10.7 Å². The van der Waals surface area contributed by atoms with Gasteiger partial charge in [0.25, 0.3) is 0 Å². The van der Waals surface area contributed by atoms with E-state index in [0.29, 0.717) is 6.04 Å². The van der Waals surface area contributed by atoms with Crippen molar-refractivity contribution in [3.8, 4) is 11.3 Å². The lowest BCUT2D eigenvalue weighted by Crippen LogP contribution is -2.03. The Bertz CT molecular complexity index is 625. The zero-order valence-electron chi connectivity index (χ0n) is 12.1. The van der Waals surface area contributed by atoms with Gasteiger partial charge in [-0.3, -0.25) is 0 Å². The van der Waals surface area contributed by atoms with Crippen molar-refractivity contribution in [3.05, 3.63) is 34.6 Å². The molecule has 0 unspecified atom stereocenters. The molecule has 0 atom stereocenters. The second-order valence-corrected chi connectivity index (χ2v) is 5.77. The minimum Gasteiger partial charge on any atom is -0.383 e. The maximum atomic E-state index is 6.35. The molecule has 3 heteroatoms. The van der Waals surface area contributed by atoms with E-state index < -0.39 is 0 Å². The van der Waals surface area contributed by atoms with Crippen LogP contribution in [0.1, 0.15) is 41.4 Å². The van der Waals surface area contributed by atoms with E-state index in [1.54, 1.807) is 0 Å². The lowest BCUT2D eigenvalue weighted by atomic mass is 9.97. The van der Waals surface area contributed by atoms with Crippen LogP contribution in [0.3, 0.4) is 0 Å². The predicted molar refractivity (Wildman–Crippen MR) is 79.3 cm³/mol. The van der Waals surface area contributed by atoms with Crippen molar-refractivity contribution in [1.29, 1.82) is 0 Å². The Kier molecular flexibility index (Phi) is 2.66. The molecule has 0 radical (unpaired) electrons. The zero-order valence-corrected chi connectivity index (χ0v) is 12.1. The molecule has 1 fully saturated rings. The molecule has 19 heavy (non-hydrogen) atoms. The number of aromatic nitrogens is 2. The molecule has 0 spiro atoms. The molecule has 1 aromatic carbocycles. The Morgan fingerprint density at radius 1 is 1.11 bits per heavy atom. The number of hydrogen-bond donors (Lipinski definition) is 1. The summed E-state index contributed by atoms with van der Waals surface area (Å²) in [5, 5.41) is 0. The molecule has 1 aromatic heterocycles. The highest BCUT2D eigenvalue weighted by molar-refractivity contribution is 5.77. The highest BCUT2D eigenvalue weighted by Gasteiger charge is 2.29. The topological polar surface area (TPSA) is 43.8 Å². The first kappa shape index (κ1) is 12.3. The van der Waals surface area contributed by atoms with Gasteiger partial charge in [-0.25, -0.2) is 4.98 Å². The van der Waals surface area contributed by atoms with Crippen molar-refractivity contribution in [1.82, 2.24) is 9.55 Å². The Labute approximate surface area is 114 Å². The van der Waals surface area contributed by atoms with E-state index in [2.05, 4.69) is 44.4 Å². The first-order valence-corrected chi connectivity index (χ1v) is 6.91. The van der Waals surface area contributed by atoms with E-state index in [-0.39, 0.29) is 0 Å². The Balaban J connectivity index is 2.20. The number of nitrogens with zero attached hydrogens (tertiary/aromatic N) is 2. The summed E-state index contributed by atoms with van der Waals surface area (Å²) in [5.41, 5.74) is 12.3. The lowest BCUT2D eigenvalue weighted by Gasteiger charge is -2.11. The fourth-order valence-electron chi connectivity index (χ4n) is 3.09. The van der Waals surface area contributed by atoms with E-state index in [9.17, 15) is 0 Å². The minimum absolute atomic E-state index is 0.576. The van der Waals surface area contributed by atoms with Crippen LogP contribution in [-0.2, 0) is 0 Å². The Morgan fingerprint density at radius 3 is 2.21 bits per heavy atom. The van der Waals surface area contributed by atoms with Gasteiger partial charge >= 0.3 is 0 Å². The van der Waals surface area contributed by atoms with Gasteiger partial charge in [-0.1, -0.05) is 17.7 Å². The van der Waals surface area contributed by atoms with E-state index >= 15 is 0 Å². The van der Waals surface area contributed by atoms with E-state index in [0.717, 1.165) is 17.3 Å². The van der Waals surface area contributed by atoms with Crippen LogP contribution < -0.4 is 5.73 Å². The highest BCUT2D eigenvalue weighted by atomic mass is 15.2. The third-order valence-corrected chi connectivity index (χ3v) is 3.95.